The molecule has 0 radical (unpaired) electrons. The fourth-order valence-corrected chi connectivity index (χ4v) is 3.43. The van der Waals surface area contributed by atoms with Gasteiger partial charge in [0.25, 0.3) is 5.89 Å². The van der Waals surface area contributed by atoms with E-state index in [9.17, 15) is 0 Å². The molecular formula is C21H18N4O3. The normalized spacial score (nSPS) is 16.0. The number of fused-ring (bicyclic) bond motifs is 1. The third-order valence-electron chi connectivity index (χ3n) is 4.88. The maximum absolute atomic E-state index is 6.07. The van der Waals surface area contributed by atoms with Gasteiger partial charge < -0.3 is 18.6 Å². The van der Waals surface area contributed by atoms with Gasteiger partial charge in [0.1, 0.15) is 11.9 Å². The molecule has 140 valence electrons. The maximum atomic E-state index is 6.07. The molecule has 7 heteroatoms. The molecule has 0 N–H and O–H groups in total. The van der Waals surface area contributed by atoms with Gasteiger partial charge in [0.15, 0.2) is 5.69 Å². The fraction of sp³-hybridized carbons (Fsp3) is 0.190. The van der Waals surface area contributed by atoms with Crippen LogP contribution in [0.5, 0.6) is 5.75 Å². The molecule has 7 nitrogen and oxygen atoms in total. The van der Waals surface area contributed by atoms with Crippen LogP contribution in [0.1, 0.15) is 17.4 Å². The third-order valence-corrected chi connectivity index (χ3v) is 4.88. The number of aromatic nitrogens is 4. The molecule has 0 aliphatic carbocycles. The molecule has 0 amide bonds. The van der Waals surface area contributed by atoms with Crippen LogP contribution in [0.15, 0.2) is 65.4 Å². The molecule has 0 bridgehead atoms. The van der Waals surface area contributed by atoms with Crippen LogP contribution in [0.2, 0.25) is 0 Å². The van der Waals surface area contributed by atoms with Crippen LogP contribution >= 0.6 is 0 Å². The van der Waals surface area contributed by atoms with Crippen LogP contribution in [-0.2, 0) is 17.9 Å². The van der Waals surface area contributed by atoms with Gasteiger partial charge in [0.2, 0.25) is 5.82 Å². The summed E-state index contributed by atoms with van der Waals surface area (Å²) in [7, 11) is 1.62. The molecule has 1 unspecified atom stereocenters. The van der Waals surface area contributed by atoms with Gasteiger partial charge >= 0.3 is 0 Å². The van der Waals surface area contributed by atoms with Gasteiger partial charge in [0, 0.05) is 0 Å². The summed E-state index contributed by atoms with van der Waals surface area (Å²) >= 11 is 0. The topological polar surface area (TPSA) is 75.2 Å². The largest absolute Gasteiger partial charge is 0.496 e. The Labute approximate surface area is 161 Å². The zero-order valence-corrected chi connectivity index (χ0v) is 15.3. The lowest BCUT2D eigenvalue weighted by Gasteiger charge is -2.25. The summed E-state index contributed by atoms with van der Waals surface area (Å²) in [4.78, 5) is 9.03. The lowest BCUT2D eigenvalue weighted by Crippen LogP contribution is -2.20. The standard InChI is InChI=1S/C21H18N4O3/c1-26-17-10-6-5-9-15(17)20-23-21(28-24-20)19-16-12-27-18(11-25(16)13-22-19)14-7-3-2-4-8-14/h2-10,13,18H,11-12H2,1H3. The van der Waals surface area contributed by atoms with Crippen LogP contribution in [-0.4, -0.2) is 26.8 Å². The van der Waals surface area contributed by atoms with Crippen LogP contribution in [0.25, 0.3) is 23.0 Å². The number of rotatable bonds is 4. The average Bonchev–Trinajstić information content (AvgIpc) is 3.41. The summed E-state index contributed by atoms with van der Waals surface area (Å²) < 4.78 is 19.0. The molecule has 0 saturated carbocycles. The van der Waals surface area contributed by atoms with Crippen molar-refractivity contribution < 1.29 is 14.0 Å². The van der Waals surface area contributed by atoms with Gasteiger partial charge in [-0.2, -0.15) is 4.98 Å². The van der Waals surface area contributed by atoms with Crippen molar-refractivity contribution in [1.29, 1.82) is 0 Å². The molecular weight excluding hydrogens is 356 g/mol. The van der Waals surface area contributed by atoms with E-state index in [0.29, 0.717) is 36.3 Å². The Kier molecular flexibility index (Phi) is 4.14. The van der Waals surface area contributed by atoms with Crippen LogP contribution in [0.4, 0.5) is 0 Å². The number of hydrogen-bond donors (Lipinski definition) is 0. The Bertz CT molecular complexity index is 1100. The number of methoxy groups -OCH3 is 1. The van der Waals surface area contributed by atoms with E-state index < -0.39 is 0 Å². The van der Waals surface area contributed by atoms with Crippen molar-refractivity contribution in [2.75, 3.05) is 7.11 Å². The molecule has 5 rings (SSSR count). The molecule has 1 atom stereocenters. The number of benzene rings is 2. The Morgan fingerprint density at radius 3 is 2.75 bits per heavy atom. The van der Waals surface area contributed by atoms with Crippen molar-refractivity contribution in [2.24, 2.45) is 0 Å². The van der Waals surface area contributed by atoms with Crippen LogP contribution in [0.3, 0.4) is 0 Å². The predicted molar refractivity (Wildman–Crippen MR) is 101 cm³/mol. The van der Waals surface area contributed by atoms with E-state index in [0.717, 1.165) is 16.8 Å². The second kappa shape index (κ2) is 6.94. The maximum Gasteiger partial charge on any atom is 0.278 e. The van der Waals surface area contributed by atoms with Gasteiger partial charge in [-0.25, -0.2) is 4.98 Å². The van der Waals surface area contributed by atoms with Crippen molar-refractivity contribution in [2.45, 2.75) is 19.3 Å². The molecule has 28 heavy (non-hydrogen) atoms. The van der Waals surface area contributed by atoms with Crippen molar-refractivity contribution in [3.8, 4) is 28.7 Å². The minimum Gasteiger partial charge on any atom is -0.496 e. The highest BCUT2D eigenvalue weighted by Gasteiger charge is 2.26. The van der Waals surface area contributed by atoms with Gasteiger partial charge in [-0.15, -0.1) is 0 Å². The summed E-state index contributed by atoms with van der Waals surface area (Å²) in [5.74, 6) is 1.53. The van der Waals surface area contributed by atoms with Crippen LogP contribution in [0, 0.1) is 0 Å². The molecule has 1 aliphatic heterocycles. The smallest absolute Gasteiger partial charge is 0.278 e. The zero-order valence-electron chi connectivity index (χ0n) is 15.3. The molecule has 1 aliphatic rings. The molecule has 4 aromatic rings. The third kappa shape index (κ3) is 2.86. The lowest BCUT2D eigenvalue weighted by molar-refractivity contribution is 0.00330. The van der Waals surface area contributed by atoms with E-state index in [2.05, 4.69) is 31.8 Å². The van der Waals surface area contributed by atoms with Crippen molar-refractivity contribution in [3.05, 3.63) is 72.2 Å². The van der Waals surface area contributed by atoms with Gasteiger partial charge in [-0.1, -0.05) is 47.6 Å². The minimum absolute atomic E-state index is 0.00239. The first-order valence-corrected chi connectivity index (χ1v) is 9.01. The van der Waals surface area contributed by atoms with E-state index in [4.69, 9.17) is 14.0 Å². The molecule has 2 aromatic carbocycles. The molecule has 0 spiro atoms. The van der Waals surface area contributed by atoms with Crippen molar-refractivity contribution in [1.82, 2.24) is 19.7 Å². The second-order valence-corrected chi connectivity index (χ2v) is 6.53. The van der Waals surface area contributed by atoms with Crippen LogP contribution < -0.4 is 4.74 Å². The Hall–Kier alpha value is -3.45. The number of para-hydroxylation sites is 1. The highest BCUT2D eigenvalue weighted by atomic mass is 16.5. The first-order valence-electron chi connectivity index (χ1n) is 9.01. The molecule has 3 heterocycles. The number of nitrogens with zero attached hydrogens (tertiary/aromatic N) is 4. The second-order valence-electron chi connectivity index (χ2n) is 6.53. The Morgan fingerprint density at radius 2 is 1.89 bits per heavy atom. The van der Waals surface area contributed by atoms with Crippen molar-refractivity contribution in [3.63, 3.8) is 0 Å². The molecule has 0 saturated heterocycles. The Balaban J connectivity index is 1.44. The summed E-state index contributed by atoms with van der Waals surface area (Å²) in [5.41, 5.74) is 3.51. The van der Waals surface area contributed by atoms with Gasteiger partial charge in [0.05, 0.1) is 37.8 Å². The van der Waals surface area contributed by atoms with Crippen molar-refractivity contribution >= 4 is 0 Å². The van der Waals surface area contributed by atoms with E-state index >= 15 is 0 Å². The Morgan fingerprint density at radius 1 is 1.07 bits per heavy atom. The fourth-order valence-electron chi connectivity index (χ4n) is 3.43. The summed E-state index contributed by atoms with van der Waals surface area (Å²) in [6.07, 6.45) is 1.80. The van der Waals surface area contributed by atoms with E-state index in [1.165, 1.54) is 0 Å². The highest BCUT2D eigenvalue weighted by Crippen LogP contribution is 2.33. The van der Waals surface area contributed by atoms with Gasteiger partial charge in [-0.3, -0.25) is 0 Å². The monoisotopic (exact) mass is 374 g/mol. The number of hydrogen-bond acceptors (Lipinski definition) is 6. The average molecular weight is 374 g/mol. The lowest BCUT2D eigenvalue weighted by atomic mass is 10.1. The van der Waals surface area contributed by atoms with E-state index in [1.54, 1.807) is 13.4 Å². The SMILES string of the molecule is COc1ccccc1-c1noc(-c2ncn3c2COC(c2ccccc2)C3)n1. The quantitative estimate of drug-likeness (QED) is 0.540. The predicted octanol–water partition coefficient (Wildman–Crippen LogP) is 3.88. The highest BCUT2D eigenvalue weighted by molar-refractivity contribution is 5.65. The summed E-state index contributed by atoms with van der Waals surface area (Å²) in [5, 5.41) is 4.11. The number of imidazole rings is 1. The molecule has 0 fully saturated rings. The zero-order chi connectivity index (χ0) is 18.9. The molecule has 2 aromatic heterocycles. The first-order chi connectivity index (χ1) is 13.8. The summed E-state index contributed by atoms with van der Waals surface area (Å²) in [6.45, 7) is 1.13. The van der Waals surface area contributed by atoms with Gasteiger partial charge in [-0.05, 0) is 17.7 Å². The number of ether oxygens (including phenoxy) is 2. The first kappa shape index (κ1) is 16.7. The minimum atomic E-state index is 0.00239. The summed E-state index contributed by atoms with van der Waals surface area (Å²) in [6, 6.07) is 17.7. The van der Waals surface area contributed by atoms with E-state index in [1.807, 2.05) is 42.5 Å². The van der Waals surface area contributed by atoms with E-state index in [-0.39, 0.29) is 6.10 Å².